The van der Waals surface area contributed by atoms with Gasteiger partial charge in [0.1, 0.15) is 0 Å². The van der Waals surface area contributed by atoms with Gasteiger partial charge in [0.15, 0.2) is 0 Å². The van der Waals surface area contributed by atoms with Gasteiger partial charge in [-0.25, -0.2) is 0 Å². The van der Waals surface area contributed by atoms with Crippen LogP contribution in [0.15, 0.2) is 24.3 Å². The minimum Gasteiger partial charge on any atom is -0.481 e. The van der Waals surface area contributed by atoms with Gasteiger partial charge in [0.25, 0.3) is 0 Å². The van der Waals surface area contributed by atoms with E-state index in [9.17, 15) is 14.7 Å². The summed E-state index contributed by atoms with van der Waals surface area (Å²) in [6, 6.07) is 0. The highest BCUT2D eigenvalue weighted by molar-refractivity contribution is 5.69. The van der Waals surface area contributed by atoms with Gasteiger partial charge in [0, 0.05) is 12.8 Å². The summed E-state index contributed by atoms with van der Waals surface area (Å²) >= 11 is 0. The third-order valence-corrected chi connectivity index (χ3v) is 16.1. The van der Waals surface area contributed by atoms with E-state index in [0.717, 1.165) is 51.4 Å². The maximum atomic E-state index is 11.9. The number of ether oxygens (including phenoxy) is 1. The zero-order valence-corrected chi connectivity index (χ0v) is 54.8. The molecule has 5 nitrogen and oxygen atoms in total. The lowest BCUT2D eigenvalue weighted by atomic mass is 10.0. The molecule has 0 radical (unpaired) electrons. The number of carboxylic acids is 1. The van der Waals surface area contributed by atoms with Crippen LogP contribution in [0.25, 0.3) is 0 Å². The van der Waals surface area contributed by atoms with Crippen LogP contribution in [-0.2, 0) is 14.3 Å². The SMILES string of the molecule is CCCCC/C=C\C/C=C\CCCCCCCC(=O)O.CCCCCCCCCCCC(O)CCCCCCCC.CCCCCCCCCCCCCCCCCCOC(=O)CCCCCCCCCCCCCCCCC. The summed E-state index contributed by atoms with van der Waals surface area (Å²) < 4.78 is 5.44. The third-order valence-electron chi connectivity index (χ3n) is 16.1. The number of carbonyl (C=O) groups excluding carboxylic acids is 1. The Morgan fingerprint density at radius 2 is 0.544 bits per heavy atom. The van der Waals surface area contributed by atoms with E-state index in [-0.39, 0.29) is 12.1 Å². The summed E-state index contributed by atoms with van der Waals surface area (Å²) in [5.74, 6) is -0.642. The second-order valence-electron chi connectivity index (χ2n) is 24.4. The Bertz CT molecular complexity index is 1150. The van der Waals surface area contributed by atoms with Crippen LogP contribution in [0.1, 0.15) is 426 Å². The maximum absolute atomic E-state index is 11.9. The molecule has 0 bridgehead atoms. The first-order valence-electron chi connectivity index (χ1n) is 36.2. The van der Waals surface area contributed by atoms with Crippen LogP contribution in [0, 0.1) is 0 Å². The summed E-state index contributed by atoms with van der Waals surface area (Å²) in [5, 5.41) is 18.5. The number of hydrogen-bond donors (Lipinski definition) is 2. The Morgan fingerprint density at radius 3 is 0.861 bits per heavy atom. The van der Waals surface area contributed by atoms with Crippen molar-refractivity contribution in [3.8, 4) is 0 Å². The average Bonchev–Trinajstić information content (AvgIpc) is 3.44. The molecule has 0 fully saturated rings. The van der Waals surface area contributed by atoms with Crippen molar-refractivity contribution in [2.45, 2.75) is 432 Å². The lowest BCUT2D eigenvalue weighted by Crippen LogP contribution is -2.05. The number of aliphatic hydroxyl groups excluding tert-OH is 1. The molecule has 0 aromatic carbocycles. The van der Waals surface area contributed by atoms with Gasteiger partial charge in [-0.2, -0.15) is 0 Å². The molecule has 0 aliphatic heterocycles. The molecular weight excluding hydrogens is 969 g/mol. The van der Waals surface area contributed by atoms with Gasteiger partial charge < -0.3 is 14.9 Å². The Morgan fingerprint density at radius 1 is 0.304 bits per heavy atom. The fourth-order valence-electron chi connectivity index (χ4n) is 10.6. The smallest absolute Gasteiger partial charge is 0.305 e. The molecule has 5 heteroatoms. The summed E-state index contributed by atoms with van der Waals surface area (Å²) in [6.45, 7) is 12.0. The van der Waals surface area contributed by atoms with Gasteiger partial charge in [-0.05, 0) is 64.2 Å². The van der Waals surface area contributed by atoms with Crippen LogP contribution in [0.3, 0.4) is 0 Å². The predicted octanol–water partition coefficient (Wildman–Crippen LogP) is 26.0. The molecule has 0 heterocycles. The molecule has 472 valence electrons. The molecule has 0 aromatic heterocycles. The van der Waals surface area contributed by atoms with E-state index in [4.69, 9.17) is 9.84 Å². The first kappa shape index (κ1) is 81.6. The molecular formula is C74H146O5. The quantitative estimate of drug-likeness (QED) is 0.0360. The second-order valence-corrected chi connectivity index (χ2v) is 24.4. The molecule has 0 rings (SSSR count). The van der Waals surface area contributed by atoms with Crippen molar-refractivity contribution in [3.05, 3.63) is 24.3 Å². The van der Waals surface area contributed by atoms with Crippen LogP contribution in [0.5, 0.6) is 0 Å². The number of unbranched alkanes of at least 4 members (excludes halogenated alkanes) is 50. The first-order chi connectivity index (χ1) is 38.9. The van der Waals surface area contributed by atoms with Crippen molar-refractivity contribution in [2.24, 2.45) is 0 Å². The molecule has 0 aromatic rings. The molecule has 0 amide bonds. The van der Waals surface area contributed by atoms with Gasteiger partial charge in [-0.3, -0.25) is 9.59 Å². The summed E-state index contributed by atoms with van der Waals surface area (Å²) in [6.07, 6.45) is 87.7. The van der Waals surface area contributed by atoms with E-state index < -0.39 is 5.97 Å². The zero-order valence-electron chi connectivity index (χ0n) is 54.8. The van der Waals surface area contributed by atoms with E-state index in [1.807, 2.05) is 0 Å². The van der Waals surface area contributed by atoms with E-state index in [1.165, 1.54) is 327 Å². The van der Waals surface area contributed by atoms with E-state index in [1.54, 1.807) is 0 Å². The van der Waals surface area contributed by atoms with Crippen LogP contribution in [0.2, 0.25) is 0 Å². The van der Waals surface area contributed by atoms with Crippen molar-refractivity contribution < 1.29 is 24.5 Å². The zero-order chi connectivity index (χ0) is 58.1. The molecule has 2 N–H and O–H groups in total. The van der Waals surface area contributed by atoms with Crippen LogP contribution in [-0.4, -0.2) is 34.9 Å². The Hall–Kier alpha value is -1.62. The number of carboxylic acid groups (broad SMARTS) is 1. The van der Waals surface area contributed by atoms with E-state index >= 15 is 0 Å². The van der Waals surface area contributed by atoms with Crippen molar-refractivity contribution in [3.63, 3.8) is 0 Å². The van der Waals surface area contributed by atoms with E-state index in [2.05, 4.69) is 58.9 Å². The number of hydrogen-bond acceptors (Lipinski definition) is 4. The highest BCUT2D eigenvalue weighted by atomic mass is 16.5. The van der Waals surface area contributed by atoms with Gasteiger partial charge in [0.05, 0.1) is 12.7 Å². The van der Waals surface area contributed by atoms with Crippen molar-refractivity contribution >= 4 is 11.9 Å². The maximum Gasteiger partial charge on any atom is 0.305 e. The molecule has 1 unspecified atom stereocenters. The Kier molecular flexibility index (Phi) is 81.0. The molecule has 0 aliphatic rings. The Labute approximate surface area is 497 Å². The van der Waals surface area contributed by atoms with Crippen LogP contribution >= 0.6 is 0 Å². The molecule has 0 aliphatic carbocycles. The lowest BCUT2D eigenvalue weighted by molar-refractivity contribution is -0.144. The second kappa shape index (κ2) is 78.4. The fourth-order valence-corrected chi connectivity index (χ4v) is 10.6. The Balaban J connectivity index is -0.00000119. The standard InChI is InChI=1S/C36H72O2.C20H42O.C18H32O2/c1-3-5-7-9-11-13-15-17-19-21-23-25-27-29-31-33-35-38-36(37)34-32-30-28-26-24-22-20-18-16-14-12-10-8-6-4-2;1-3-5-7-9-11-12-13-15-17-19-20(21)18-16-14-10-8-6-4-2;1-2-3-4-5-6-7-8-9-10-11-12-13-14-15-16-17-18(19)20/h3-35H2,1-2H3;20-21H,3-19H2,1-2H3;6-7,9-10H,2-5,8,11-17H2,1H3,(H,19,20)/b;;7-6-,10-9-. The largest absolute Gasteiger partial charge is 0.481 e. The molecule has 0 saturated heterocycles. The highest BCUT2D eigenvalue weighted by Crippen LogP contribution is 2.18. The van der Waals surface area contributed by atoms with Crippen molar-refractivity contribution in [1.29, 1.82) is 0 Å². The van der Waals surface area contributed by atoms with Crippen LogP contribution in [0.4, 0.5) is 0 Å². The first-order valence-corrected chi connectivity index (χ1v) is 36.2. The van der Waals surface area contributed by atoms with E-state index in [0.29, 0.717) is 19.4 Å². The van der Waals surface area contributed by atoms with Crippen molar-refractivity contribution in [1.82, 2.24) is 0 Å². The van der Waals surface area contributed by atoms with Gasteiger partial charge >= 0.3 is 11.9 Å². The van der Waals surface area contributed by atoms with Gasteiger partial charge in [-0.1, -0.05) is 374 Å². The third kappa shape index (κ3) is 85.3. The monoisotopic (exact) mass is 1120 g/mol. The number of aliphatic hydroxyl groups is 1. The minimum absolute atomic E-state index is 0.0271. The van der Waals surface area contributed by atoms with Gasteiger partial charge in [0.2, 0.25) is 0 Å². The number of aliphatic carboxylic acids is 1. The topological polar surface area (TPSA) is 83.8 Å². The van der Waals surface area contributed by atoms with Gasteiger partial charge in [-0.15, -0.1) is 0 Å². The normalized spacial score (nSPS) is 11.8. The predicted molar refractivity (Wildman–Crippen MR) is 353 cm³/mol. The lowest BCUT2D eigenvalue weighted by Gasteiger charge is -2.10. The number of carbonyl (C=O) groups is 2. The van der Waals surface area contributed by atoms with Crippen LogP contribution < -0.4 is 0 Å². The molecule has 0 saturated carbocycles. The molecule has 1 atom stereocenters. The number of allylic oxidation sites excluding steroid dienone is 4. The average molecular weight is 1120 g/mol. The number of esters is 1. The molecule has 79 heavy (non-hydrogen) atoms. The van der Waals surface area contributed by atoms with Crippen molar-refractivity contribution in [2.75, 3.05) is 6.61 Å². The summed E-state index contributed by atoms with van der Waals surface area (Å²) in [4.78, 5) is 22.2. The molecule has 0 spiro atoms. The summed E-state index contributed by atoms with van der Waals surface area (Å²) in [7, 11) is 0. The summed E-state index contributed by atoms with van der Waals surface area (Å²) in [5.41, 5.74) is 0. The highest BCUT2D eigenvalue weighted by Gasteiger charge is 2.05. The number of rotatable bonds is 64. The fraction of sp³-hybridized carbons (Fsp3) is 0.919. The minimum atomic E-state index is -0.671.